The van der Waals surface area contributed by atoms with E-state index < -0.39 is 0 Å². The van der Waals surface area contributed by atoms with Crippen LogP contribution in [0.3, 0.4) is 0 Å². The number of carbonyl (C=O) groups is 1. The maximum absolute atomic E-state index is 10.4. The van der Waals surface area contributed by atoms with Crippen molar-refractivity contribution in [2.45, 2.75) is 19.8 Å². The molecule has 4 heteroatoms. The topological polar surface area (TPSA) is 64.9 Å². The molecule has 2 N–H and O–H groups in total. The van der Waals surface area contributed by atoms with Crippen LogP contribution in [0.2, 0.25) is 0 Å². The van der Waals surface area contributed by atoms with Gasteiger partial charge in [-0.15, -0.1) is 0 Å². The number of hydrogen-bond acceptors (Lipinski definition) is 3. The molecule has 0 unspecified atom stereocenters. The van der Waals surface area contributed by atoms with Crippen molar-refractivity contribution in [2.75, 3.05) is 19.6 Å². The molecule has 68 valence electrons. The van der Waals surface area contributed by atoms with Gasteiger partial charge in [0.05, 0.1) is 6.07 Å². The van der Waals surface area contributed by atoms with Crippen molar-refractivity contribution < 1.29 is 4.79 Å². The van der Waals surface area contributed by atoms with Crippen LogP contribution >= 0.6 is 0 Å². The summed E-state index contributed by atoms with van der Waals surface area (Å²) in [5.74, 6) is -0.00572. The molecule has 0 atom stereocenters. The van der Waals surface area contributed by atoms with E-state index in [-0.39, 0.29) is 5.91 Å². The van der Waals surface area contributed by atoms with Crippen LogP contribution in [-0.4, -0.2) is 25.5 Å². The van der Waals surface area contributed by atoms with Crippen LogP contribution in [0.15, 0.2) is 0 Å². The molecule has 0 saturated carbocycles. The first-order valence-electron chi connectivity index (χ1n) is 4.09. The summed E-state index contributed by atoms with van der Waals surface area (Å²) in [5, 5.41) is 14.0. The quantitative estimate of drug-likeness (QED) is 0.551. The predicted octanol–water partition coefficient (Wildman–Crippen LogP) is 0.0159. The second kappa shape index (κ2) is 8.02. The van der Waals surface area contributed by atoms with Gasteiger partial charge in [-0.3, -0.25) is 4.79 Å². The van der Waals surface area contributed by atoms with Gasteiger partial charge >= 0.3 is 0 Å². The van der Waals surface area contributed by atoms with E-state index in [0.29, 0.717) is 13.0 Å². The normalized spacial score (nSPS) is 9.00. The second-order valence-corrected chi connectivity index (χ2v) is 2.49. The lowest BCUT2D eigenvalue weighted by Gasteiger charge is -2.02. The van der Waals surface area contributed by atoms with Gasteiger partial charge in [0.15, 0.2) is 0 Å². The Balaban J connectivity index is 2.92. The molecule has 0 aromatic heterocycles. The Labute approximate surface area is 72.9 Å². The minimum atomic E-state index is -0.00572. The summed E-state index contributed by atoms with van der Waals surface area (Å²) < 4.78 is 0. The van der Waals surface area contributed by atoms with Crippen LogP contribution in [0.5, 0.6) is 0 Å². The third kappa shape index (κ3) is 8.92. The van der Waals surface area contributed by atoms with Gasteiger partial charge in [-0.2, -0.15) is 5.26 Å². The first-order valence-corrected chi connectivity index (χ1v) is 4.09. The molecular formula is C8H15N3O. The molecule has 0 aliphatic heterocycles. The molecule has 0 aliphatic carbocycles. The fourth-order valence-corrected chi connectivity index (χ4v) is 0.744. The summed E-state index contributed by atoms with van der Waals surface area (Å²) in [4.78, 5) is 10.4. The fraction of sp³-hybridized carbons (Fsp3) is 0.750. The minimum absolute atomic E-state index is 0.00572. The van der Waals surface area contributed by atoms with E-state index in [4.69, 9.17) is 5.26 Å². The predicted molar refractivity (Wildman–Crippen MR) is 46.4 cm³/mol. The van der Waals surface area contributed by atoms with Gasteiger partial charge in [0.2, 0.25) is 5.91 Å². The largest absolute Gasteiger partial charge is 0.355 e. The van der Waals surface area contributed by atoms with Gasteiger partial charge in [-0.25, -0.2) is 0 Å². The number of rotatable bonds is 6. The van der Waals surface area contributed by atoms with Crippen molar-refractivity contribution >= 4 is 5.91 Å². The third-order valence-electron chi connectivity index (χ3n) is 1.32. The summed E-state index contributed by atoms with van der Waals surface area (Å²) in [7, 11) is 0. The molecule has 0 saturated heterocycles. The van der Waals surface area contributed by atoms with Crippen molar-refractivity contribution in [1.82, 2.24) is 10.6 Å². The number of hydrogen-bond donors (Lipinski definition) is 2. The maximum Gasteiger partial charge on any atom is 0.216 e. The molecule has 1 amide bonds. The summed E-state index contributed by atoms with van der Waals surface area (Å²) >= 11 is 0. The summed E-state index contributed by atoms with van der Waals surface area (Å²) in [6.07, 6.45) is 1.46. The number of unbranched alkanes of at least 4 members (excludes halogenated alkanes) is 1. The van der Waals surface area contributed by atoms with Crippen molar-refractivity contribution in [3.8, 4) is 6.07 Å². The highest BCUT2D eigenvalue weighted by Crippen LogP contribution is 1.81. The highest BCUT2D eigenvalue weighted by atomic mass is 16.1. The Morgan fingerprint density at radius 2 is 2.17 bits per heavy atom. The smallest absolute Gasteiger partial charge is 0.216 e. The van der Waals surface area contributed by atoms with Gasteiger partial charge in [0, 0.05) is 26.4 Å². The molecule has 0 heterocycles. The van der Waals surface area contributed by atoms with Crippen LogP contribution in [0, 0.1) is 11.3 Å². The number of carbonyl (C=O) groups excluding carboxylic acids is 1. The molecule has 0 bridgehead atoms. The van der Waals surface area contributed by atoms with E-state index in [9.17, 15) is 4.79 Å². The first-order chi connectivity index (χ1) is 5.77. The Morgan fingerprint density at radius 3 is 2.75 bits per heavy atom. The van der Waals surface area contributed by atoms with Crippen LogP contribution in [0.1, 0.15) is 19.8 Å². The van der Waals surface area contributed by atoms with Gasteiger partial charge < -0.3 is 10.6 Å². The van der Waals surface area contributed by atoms with Gasteiger partial charge in [0.1, 0.15) is 0 Å². The molecular weight excluding hydrogens is 154 g/mol. The molecule has 0 aromatic rings. The highest BCUT2D eigenvalue weighted by Gasteiger charge is 1.89. The lowest BCUT2D eigenvalue weighted by Crippen LogP contribution is -2.30. The molecule has 0 radical (unpaired) electrons. The van der Waals surface area contributed by atoms with Crippen molar-refractivity contribution in [2.24, 2.45) is 0 Å². The Kier molecular flexibility index (Phi) is 7.30. The molecule has 4 nitrogen and oxygen atoms in total. The molecule has 12 heavy (non-hydrogen) atoms. The number of nitrogens with one attached hydrogen (secondary N) is 2. The first kappa shape index (κ1) is 10.9. The number of amides is 1. The van der Waals surface area contributed by atoms with Gasteiger partial charge in [-0.1, -0.05) is 0 Å². The molecule has 0 spiro atoms. The zero-order valence-electron chi connectivity index (χ0n) is 7.39. The summed E-state index contributed by atoms with van der Waals surface area (Å²) in [6, 6.07) is 2.07. The van der Waals surface area contributed by atoms with E-state index in [1.807, 2.05) is 0 Å². The average Bonchev–Trinajstić information content (AvgIpc) is 2.02. The SMILES string of the molecule is CC(=O)NCCNCCCC#N. The fourth-order valence-electron chi connectivity index (χ4n) is 0.744. The number of nitriles is 1. The summed E-state index contributed by atoms with van der Waals surface area (Å²) in [5.41, 5.74) is 0. The van der Waals surface area contributed by atoms with Gasteiger partial charge in [-0.05, 0) is 13.0 Å². The van der Waals surface area contributed by atoms with E-state index in [0.717, 1.165) is 19.5 Å². The molecule has 0 rings (SSSR count). The Morgan fingerprint density at radius 1 is 1.42 bits per heavy atom. The monoisotopic (exact) mass is 169 g/mol. The van der Waals surface area contributed by atoms with Crippen molar-refractivity contribution in [3.05, 3.63) is 0 Å². The average molecular weight is 169 g/mol. The van der Waals surface area contributed by atoms with Crippen LogP contribution in [0.4, 0.5) is 0 Å². The lowest BCUT2D eigenvalue weighted by atomic mass is 10.3. The standard InChI is InChI=1S/C8H15N3O/c1-8(12)11-7-6-10-5-3-2-4-9/h10H,2-3,5-7H2,1H3,(H,11,12). The van der Waals surface area contributed by atoms with Crippen molar-refractivity contribution in [1.29, 1.82) is 5.26 Å². The van der Waals surface area contributed by atoms with Crippen LogP contribution in [0.25, 0.3) is 0 Å². The van der Waals surface area contributed by atoms with Crippen molar-refractivity contribution in [3.63, 3.8) is 0 Å². The Hall–Kier alpha value is -1.08. The summed E-state index contributed by atoms with van der Waals surface area (Å²) in [6.45, 7) is 3.76. The van der Waals surface area contributed by atoms with E-state index in [1.165, 1.54) is 6.92 Å². The van der Waals surface area contributed by atoms with Crippen LogP contribution < -0.4 is 10.6 Å². The lowest BCUT2D eigenvalue weighted by molar-refractivity contribution is -0.118. The molecule has 0 fully saturated rings. The second-order valence-electron chi connectivity index (χ2n) is 2.49. The van der Waals surface area contributed by atoms with Gasteiger partial charge in [0.25, 0.3) is 0 Å². The minimum Gasteiger partial charge on any atom is -0.355 e. The molecule has 0 aliphatic rings. The van der Waals surface area contributed by atoms with E-state index >= 15 is 0 Å². The highest BCUT2D eigenvalue weighted by molar-refractivity contribution is 5.72. The Bertz CT molecular complexity index is 162. The van der Waals surface area contributed by atoms with E-state index in [2.05, 4.69) is 16.7 Å². The maximum atomic E-state index is 10.4. The third-order valence-corrected chi connectivity index (χ3v) is 1.32. The number of nitrogens with zero attached hydrogens (tertiary/aromatic N) is 1. The zero-order chi connectivity index (χ0) is 9.23. The zero-order valence-corrected chi connectivity index (χ0v) is 7.39. The van der Waals surface area contributed by atoms with Crippen LogP contribution in [-0.2, 0) is 4.79 Å². The molecule has 0 aromatic carbocycles. The van der Waals surface area contributed by atoms with E-state index in [1.54, 1.807) is 0 Å².